The van der Waals surface area contributed by atoms with Crippen LogP contribution < -0.4 is 15.6 Å². The summed E-state index contributed by atoms with van der Waals surface area (Å²) in [5.74, 6) is 1.12. The lowest BCUT2D eigenvalue weighted by Crippen LogP contribution is -2.17. The summed E-state index contributed by atoms with van der Waals surface area (Å²) in [5.41, 5.74) is 0.736. The third-order valence-electron chi connectivity index (χ3n) is 2.60. The summed E-state index contributed by atoms with van der Waals surface area (Å²) in [6.45, 7) is 2.77. The number of ether oxygens (including phenoxy) is 1. The topological polar surface area (TPSA) is 79.9 Å². The fraction of sp³-hybridized carbons (Fsp3) is 0.308. The number of benzene rings is 1. The Labute approximate surface area is 110 Å². The monoisotopic (exact) mass is 260 g/mol. The molecule has 0 fully saturated rings. The largest absolute Gasteiger partial charge is 0.497 e. The predicted octanol–water partition coefficient (Wildman–Crippen LogP) is 1.66. The summed E-state index contributed by atoms with van der Waals surface area (Å²) in [4.78, 5) is 14.6. The molecule has 0 bridgehead atoms. The maximum Gasteiger partial charge on any atom is 0.279 e. The fourth-order valence-electron chi connectivity index (χ4n) is 1.60. The summed E-state index contributed by atoms with van der Waals surface area (Å²) >= 11 is 0. The number of aromatic amines is 1. The Kier molecular flexibility index (Phi) is 4.12. The fourth-order valence-corrected chi connectivity index (χ4v) is 1.60. The van der Waals surface area contributed by atoms with Crippen LogP contribution in [0, 0.1) is 0 Å². The van der Waals surface area contributed by atoms with Gasteiger partial charge in [0.25, 0.3) is 5.56 Å². The molecule has 1 heterocycles. The first-order valence-corrected chi connectivity index (χ1v) is 6.10. The van der Waals surface area contributed by atoms with Gasteiger partial charge in [-0.3, -0.25) is 9.78 Å². The van der Waals surface area contributed by atoms with Gasteiger partial charge in [0.05, 0.1) is 7.11 Å². The molecule has 0 saturated carbocycles. The van der Waals surface area contributed by atoms with Gasteiger partial charge >= 0.3 is 0 Å². The van der Waals surface area contributed by atoms with Gasteiger partial charge in [0, 0.05) is 12.1 Å². The lowest BCUT2D eigenvalue weighted by Gasteiger charge is -2.04. The van der Waals surface area contributed by atoms with Gasteiger partial charge in [0.2, 0.25) is 5.95 Å². The van der Waals surface area contributed by atoms with E-state index in [-0.39, 0.29) is 5.56 Å². The van der Waals surface area contributed by atoms with Crippen molar-refractivity contribution in [3.05, 3.63) is 34.6 Å². The van der Waals surface area contributed by atoms with Crippen molar-refractivity contribution in [2.24, 2.45) is 0 Å². The first-order valence-electron chi connectivity index (χ1n) is 6.10. The number of H-pyrrole nitrogens is 1. The van der Waals surface area contributed by atoms with Crippen LogP contribution in [0.1, 0.15) is 13.3 Å². The first-order chi connectivity index (χ1) is 9.24. The smallest absolute Gasteiger partial charge is 0.279 e. The number of anilines is 1. The van der Waals surface area contributed by atoms with Crippen molar-refractivity contribution in [2.45, 2.75) is 13.3 Å². The summed E-state index contributed by atoms with van der Waals surface area (Å²) in [6.07, 6.45) is 0.948. The maximum absolute atomic E-state index is 11.9. The molecule has 0 radical (unpaired) electrons. The zero-order valence-corrected chi connectivity index (χ0v) is 10.9. The highest BCUT2D eigenvalue weighted by Crippen LogP contribution is 2.17. The molecule has 2 rings (SSSR count). The molecule has 1 aromatic carbocycles. The maximum atomic E-state index is 11.9. The number of hydrogen-bond donors (Lipinski definition) is 2. The lowest BCUT2D eigenvalue weighted by molar-refractivity contribution is 0.415. The lowest BCUT2D eigenvalue weighted by atomic mass is 10.1. The van der Waals surface area contributed by atoms with E-state index < -0.39 is 0 Å². The molecule has 1 aromatic heterocycles. The number of aromatic nitrogens is 3. The molecule has 0 aliphatic heterocycles. The van der Waals surface area contributed by atoms with Crippen LogP contribution in [-0.4, -0.2) is 28.8 Å². The van der Waals surface area contributed by atoms with Crippen molar-refractivity contribution in [1.82, 2.24) is 15.2 Å². The molecule has 0 amide bonds. The van der Waals surface area contributed by atoms with E-state index in [1.165, 1.54) is 0 Å². The molecule has 2 N–H and O–H groups in total. The van der Waals surface area contributed by atoms with E-state index in [0.29, 0.717) is 17.2 Å². The van der Waals surface area contributed by atoms with Gasteiger partial charge in [-0.05, 0) is 30.7 Å². The van der Waals surface area contributed by atoms with Crippen LogP contribution in [0.4, 0.5) is 5.95 Å². The highest BCUT2D eigenvalue weighted by Gasteiger charge is 2.07. The zero-order chi connectivity index (χ0) is 13.7. The van der Waals surface area contributed by atoms with E-state index in [4.69, 9.17) is 4.74 Å². The van der Waals surface area contributed by atoms with Crippen LogP contribution in [0.3, 0.4) is 0 Å². The summed E-state index contributed by atoms with van der Waals surface area (Å²) < 4.78 is 5.07. The standard InChI is InChI=1S/C13H16N4O2/c1-3-8-14-13-15-12(18)11(16-17-13)9-4-6-10(19-2)7-5-9/h4-7H,3,8H2,1-2H3,(H2,14,15,17,18). The van der Waals surface area contributed by atoms with Crippen LogP contribution in [-0.2, 0) is 0 Å². The number of methoxy groups -OCH3 is 1. The second-order valence-corrected chi connectivity index (χ2v) is 4.01. The molecule has 6 heteroatoms. The summed E-state index contributed by atoms with van der Waals surface area (Å²) in [7, 11) is 1.59. The quantitative estimate of drug-likeness (QED) is 0.854. The van der Waals surface area contributed by atoms with Gasteiger partial charge in [-0.25, -0.2) is 0 Å². The van der Waals surface area contributed by atoms with E-state index in [9.17, 15) is 4.79 Å². The first kappa shape index (κ1) is 13.1. The van der Waals surface area contributed by atoms with Crippen molar-refractivity contribution in [1.29, 1.82) is 0 Å². The van der Waals surface area contributed by atoms with Crippen LogP contribution >= 0.6 is 0 Å². The van der Waals surface area contributed by atoms with Crippen molar-refractivity contribution < 1.29 is 4.74 Å². The Bertz CT molecular complexity index is 592. The van der Waals surface area contributed by atoms with Gasteiger partial charge in [0.15, 0.2) is 5.69 Å². The van der Waals surface area contributed by atoms with Crippen LogP contribution in [0.15, 0.2) is 29.1 Å². The molecule has 6 nitrogen and oxygen atoms in total. The molecule has 100 valence electrons. The van der Waals surface area contributed by atoms with Gasteiger partial charge in [-0.1, -0.05) is 6.92 Å². The van der Waals surface area contributed by atoms with Crippen molar-refractivity contribution in [3.8, 4) is 17.0 Å². The third kappa shape index (κ3) is 3.09. The van der Waals surface area contributed by atoms with Gasteiger partial charge < -0.3 is 10.1 Å². The molecule has 0 atom stereocenters. The summed E-state index contributed by atoms with van der Waals surface area (Å²) in [6, 6.07) is 7.11. The third-order valence-corrected chi connectivity index (χ3v) is 2.60. The Hall–Kier alpha value is -2.37. The number of nitrogens with one attached hydrogen (secondary N) is 2. The van der Waals surface area contributed by atoms with Crippen LogP contribution in [0.25, 0.3) is 11.3 Å². The minimum atomic E-state index is -0.265. The molecule has 0 unspecified atom stereocenters. The van der Waals surface area contributed by atoms with Crippen molar-refractivity contribution in [3.63, 3.8) is 0 Å². The van der Waals surface area contributed by atoms with E-state index in [2.05, 4.69) is 20.5 Å². The van der Waals surface area contributed by atoms with Gasteiger partial charge in [-0.2, -0.15) is 0 Å². The zero-order valence-electron chi connectivity index (χ0n) is 10.9. The SMILES string of the molecule is CCCNc1nnc(-c2ccc(OC)cc2)c(=O)[nH]1. The van der Waals surface area contributed by atoms with Gasteiger partial charge in [0.1, 0.15) is 5.75 Å². The van der Waals surface area contributed by atoms with Crippen molar-refractivity contribution >= 4 is 5.95 Å². The van der Waals surface area contributed by atoms with Crippen LogP contribution in [0.2, 0.25) is 0 Å². The second kappa shape index (κ2) is 5.99. The Morgan fingerprint density at radius 1 is 1.26 bits per heavy atom. The predicted molar refractivity (Wildman–Crippen MR) is 73.4 cm³/mol. The average Bonchev–Trinajstić information content (AvgIpc) is 2.45. The number of rotatable bonds is 5. The second-order valence-electron chi connectivity index (χ2n) is 4.01. The minimum Gasteiger partial charge on any atom is -0.497 e. The van der Waals surface area contributed by atoms with E-state index in [1.54, 1.807) is 31.4 Å². The highest BCUT2D eigenvalue weighted by molar-refractivity contribution is 5.58. The van der Waals surface area contributed by atoms with Gasteiger partial charge in [-0.15, -0.1) is 10.2 Å². The Balaban J connectivity index is 2.27. The molecular formula is C13H16N4O2. The normalized spacial score (nSPS) is 10.2. The molecule has 0 aliphatic carbocycles. The number of nitrogens with zero attached hydrogens (tertiary/aromatic N) is 2. The summed E-state index contributed by atoms with van der Waals surface area (Å²) in [5, 5.41) is 10.9. The Morgan fingerprint density at radius 2 is 2.00 bits per heavy atom. The molecule has 0 aliphatic rings. The molecule has 0 saturated heterocycles. The van der Waals surface area contributed by atoms with E-state index in [1.807, 2.05) is 6.92 Å². The van der Waals surface area contributed by atoms with Crippen molar-refractivity contribution in [2.75, 3.05) is 19.0 Å². The molecule has 19 heavy (non-hydrogen) atoms. The van der Waals surface area contributed by atoms with Crippen LogP contribution in [0.5, 0.6) is 5.75 Å². The highest BCUT2D eigenvalue weighted by atomic mass is 16.5. The van der Waals surface area contributed by atoms with E-state index in [0.717, 1.165) is 18.7 Å². The molecule has 2 aromatic rings. The average molecular weight is 260 g/mol. The van der Waals surface area contributed by atoms with E-state index >= 15 is 0 Å². The molecule has 0 spiro atoms. The molecular weight excluding hydrogens is 244 g/mol. The number of hydrogen-bond acceptors (Lipinski definition) is 5. The minimum absolute atomic E-state index is 0.265. The Morgan fingerprint density at radius 3 is 2.58 bits per heavy atom.